The minimum Gasteiger partial charge on any atom is -0.444 e. The number of primary amides is 1. The summed E-state index contributed by atoms with van der Waals surface area (Å²) in [6.07, 6.45) is 0.497. The molecule has 1 saturated carbocycles. The maximum Gasteiger partial charge on any atom is 0.407 e. The lowest BCUT2D eigenvalue weighted by Crippen LogP contribution is -2.36. The van der Waals surface area contributed by atoms with Crippen LogP contribution in [0, 0.1) is 0 Å². The predicted molar refractivity (Wildman–Crippen MR) is 81.2 cm³/mol. The van der Waals surface area contributed by atoms with Crippen LogP contribution in [0.4, 0.5) is 4.79 Å². The molecular formula is C14H21N3O3S. The molecule has 1 heterocycles. The second-order valence-corrected chi connectivity index (χ2v) is 7.14. The molecule has 1 fully saturated rings. The number of hydrogen-bond acceptors (Lipinski definition) is 5. The van der Waals surface area contributed by atoms with E-state index >= 15 is 0 Å². The first-order chi connectivity index (χ1) is 9.74. The third-order valence-corrected chi connectivity index (χ3v) is 3.91. The number of carbonyl (C=O) groups excluding carboxylic acids is 2. The highest BCUT2D eigenvalue weighted by Crippen LogP contribution is 2.23. The first kappa shape index (κ1) is 15.8. The first-order valence-electron chi connectivity index (χ1n) is 6.85. The number of ether oxygens (including phenoxy) is 1. The smallest absolute Gasteiger partial charge is 0.407 e. The third kappa shape index (κ3) is 5.02. The van der Waals surface area contributed by atoms with Gasteiger partial charge < -0.3 is 21.1 Å². The van der Waals surface area contributed by atoms with Crippen LogP contribution in [0.2, 0.25) is 0 Å². The molecular weight excluding hydrogens is 290 g/mol. The molecule has 1 aliphatic rings. The SMILES string of the molecule is CC(C)(C)OC(=O)NC1CC1NCc1cc(C(N)=O)cs1. The van der Waals surface area contributed by atoms with Crippen LogP contribution >= 0.6 is 11.3 Å². The van der Waals surface area contributed by atoms with Crippen LogP contribution in [0.25, 0.3) is 0 Å². The average molecular weight is 311 g/mol. The van der Waals surface area contributed by atoms with E-state index in [1.165, 1.54) is 11.3 Å². The molecule has 0 saturated heterocycles. The van der Waals surface area contributed by atoms with E-state index in [2.05, 4.69) is 10.6 Å². The molecule has 2 atom stereocenters. The Balaban J connectivity index is 1.70. The van der Waals surface area contributed by atoms with Gasteiger partial charge in [-0.2, -0.15) is 0 Å². The second kappa shape index (κ2) is 6.03. The molecule has 1 aromatic heterocycles. The normalized spacial score (nSPS) is 20.9. The highest BCUT2D eigenvalue weighted by Gasteiger charge is 2.38. The van der Waals surface area contributed by atoms with Crippen LogP contribution in [-0.4, -0.2) is 29.7 Å². The Kier molecular flexibility index (Phi) is 4.53. The summed E-state index contributed by atoms with van der Waals surface area (Å²) in [7, 11) is 0. The summed E-state index contributed by atoms with van der Waals surface area (Å²) in [6, 6.07) is 2.14. The molecule has 1 aliphatic carbocycles. The van der Waals surface area contributed by atoms with Crippen molar-refractivity contribution >= 4 is 23.3 Å². The number of amides is 2. The van der Waals surface area contributed by atoms with Gasteiger partial charge >= 0.3 is 6.09 Å². The predicted octanol–water partition coefficient (Wildman–Crippen LogP) is 1.60. The molecule has 21 heavy (non-hydrogen) atoms. The fraction of sp³-hybridized carbons (Fsp3) is 0.571. The van der Waals surface area contributed by atoms with Crippen molar-refractivity contribution in [2.45, 2.75) is 51.4 Å². The molecule has 0 bridgehead atoms. The van der Waals surface area contributed by atoms with Gasteiger partial charge in [-0.05, 0) is 33.3 Å². The number of alkyl carbamates (subject to hydrolysis) is 1. The van der Waals surface area contributed by atoms with Gasteiger partial charge in [0, 0.05) is 28.9 Å². The highest BCUT2D eigenvalue weighted by atomic mass is 32.1. The van der Waals surface area contributed by atoms with Crippen molar-refractivity contribution in [2.75, 3.05) is 0 Å². The van der Waals surface area contributed by atoms with Gasteiger partial charge in [-0.3, -0.25) is 4.79 Å². The molecule has 116 valence electrons. The summed E-state index contributed by atoms with van der Waals surface area (Å²) in [5.74, 6) is -0.409. The highest BCUT2D eigenvalue weighted by molar-refractivity contribution is 7.10. The molecule has 0 spiro atoms. The van der Waals surface area contributed by atoms with Crippen molar-refractivity contribution in [1.82, 2.24) is 10.6 Å². The van der Waals surface area contributed by atoms with Crippen molar-refractivity contribution in [3.05, 3.63) is 21.9 Å². The van der Waals surface area contributed by atoms with E-state index in [1.54, 1.807) is 11.4 Å². The molecule has 2 amide bonds. The Morgan fingerprint density at radius 2 is 2.14 bits per heavy atom. The van der Waals surface area contributed by atoms with E-state index in [4.69, 9.17) is 10.5 Å². The van der Waals surface area contributed by atoms with Crippen LogP contribution in [-0.2, 0) is 11.3 Å². The van der Waals surface area contributed by atoms with Gasteiger partial charge in [-0.25, -0.2) is 4.79 Å². The van der Waals surface area contributed by atoms with Crippen LogP contribution in [0.5, 0.6) is 0 Å². The Labute approximate surface area is 128 Å². The molecule has 6 nitrogen and oxygen atoms in total. The fourth-order valence-electron chi connectivity index (χ4n) is 1.87. The summed E-state index contributed by atoms with van der Waals surface area (Å²) in [5, 5.41) is 7.91. The standard InChI is InChI=1S/C14H21N3O3S/c1-14(2,3)20-13(19)17-11-5-10(11)16-6-9-4-8(7-21-9)12(15)18/h4,7,10-11,16H,5-6H2,1-3H3,(H2,15,18)(H,17,19). The maximum atomic E-state index is 11.6. The van der Waals surface area contributed by atoms with Crippen molar-refractivity contribution in [1.29, 1.82) is 0 Å². The Hall–Kier alpha value is -1.60. The van der Waals surface area contributed by atoms with Gasteiger partial charge in [0.2, 0.25) is 5.91 Å². The Morgan fingerprint density at radius 3 is 2.71 bits per heavy atom. The second-order valence-electron chi connectivity index (χ2n) is 6.14. The molecule has 1 aromatic rings. The van der Waals surface area contributed by atoms with E-state index in [9.17, 15) is 9.59 Å². The third-order valence-electron chi connectivity index (χ3n) is 2.97. The average Bonchev–Trinajstić information content (AvgIpc) is 2.87. The quantitative estimate of drug-likeness (QED) is 0.770. The van der Waals surface area contributed by atoms with E-state index in [1.807, 2.05) is 20.8 Å². The lowest BCUT2D eigenvalue weighted by atomic mass is 10.2. The van der Waals surface area contributed by atoms with Crippen molar-refractivity contribution < 1.29 is 14.3 Å². The van der Waals surface area contributed by atoms with E-state index in [0.29, 0.717) is 12.1 Å². The van der Waals surface area contributed by atoms with Gasteiger partial charge in [0.15, 0.2) is 0 Å². The zero-order valence-corrected chi connectivity index (χ0v) is 13.3. The fourth-order valence-corrected chi connectivity index (χ4v) is 2.70. The van der Waals surface area contributed by atoms with E-state index < -0.39 is 11.5 Å². The maximum absolute atomic E-state index is 11.6. The number of nitrogens with two attached hydrogens (primary N) is 1. The van der Waals surface area contributed by atoms with Crippen molar-refractivity contribution in [2.24, 2.45) is 5.73 Å². The number of thiophene rings is 1. The minimum absolute atomic E-state index is 0.107. The monoisotopic (exact) mass is 311 g/mol. The van der Waals surface area contributed by atoms with E-state index in [0.717, 1.165) is 11.3 Å². The van der Waals surface area contributed by atoms with Gasteiger partial charge in [0.25, 0.3) is 0 Å². The molecule has 0 aliphatic heterocycles. The molecule has 2 unspecified atom stereocenters. The number of carbonyl (C=O) groups is 2. The van der Waals surface area contributed by atoms with Crippen molar-refractivity contribution in [3.8, 4) is 0 Å². The Morgan fingerprint density at radius 1 is 1.43 bits per heavy atom. The van der Waals surface area contributed by atoms with E-state index in [-0.39, 0.29) is 18.2 Å². The van der Waals surface area contributed by atoms with Crippen molar-refractivity contribution in [3.63, 3.8) is 0 Å². The summed E-state index contributed by atoms with van der Waals surface area (Å²) in [5.41, 5.74) is 5.26. The topological polar surface area (TPSA) is 93.4 Å². The summed E-state index contributed by atoms with van der Waals surface area (Å²) in [6.45, 7) is 6.17. The summed E-state index contributed by atoms with van der Waals surface area (Å²) < 4.78 is 5.20. The van der Waals surface area contributed by atoms with Crippen LogP contribution in [0.15, 0.2) is 11.4 Å². The minimum atomic E-state index is -0.482. The lowest BCUT2D eigenvalue weighted by Gasteiger charge is -2.19. The summed E-state index contributed by atoms with van der Waals surface area (Å²) in [4.78, 5) is 23.6. The largest absolute Gasteiger partial charge is 0.444 e. The molecule has 2 rings (SSSR count). The number of nitrogens with one attached hydrogen (secondary N) is 2. The molecule has 4 N–H and O–H groups in total. The molecule has 7 heteroatoms. The van der Waals surface area contributed by atoms with Crippen LogP contribution in [0.3, 0.4) is 0 Å². The molecule has 0 radical (unpaired) electrons. The zero-order chi connectivity index (χ0) is 15.6. The van der Waals surface area contributed by atoms with Gasteiger partial charge in [0.1, 0.15) is 5.60 Å². The number of hydrogen-bond donors (Lipinski definition) is 3. The first-order valence-corrected chi connectivity index (χ1v) is 7.72. The summed E-state index contributed by atoms with van der Waals surface area (Å²) >= 11 is 1.50. The zero-order valence-electron chi connectivity index (χ0n) is 12.4. The van der Waals surface area contributed by atoms with Gasteiger partial charge in [-0.1, -0.05) is 0 Å². The number of rotatable bonds is 5. The van der Waals surface area contributed by atoms with Crippen LogP contribution in [0.1, 0.15) is 42.4 Å². The van der Waals surface area contributed by atoms with Gasteiger partial charge in [-0.15, -0.1) is 11.3 Å². The lowest BCUT2D eigenvalue weighted by molar-refractivity contribution is 0.0522. The molecule has 0 aromatic carbocycles. The van der Waals surface area contributed by atoms with Gasteiger partial charge in [0.05, 0.1) is 5.56 Å². The van der Waals surface area contributed by atoms with Crippen LogP contribution < -0.4 is 16.4 Å². The Bertz CT molecular complexity index is 536.